The molecule has 0 radical (unpaired) electrons. The number of hydrogen-bond acceptors (Lipinski definition) is 7. The Morgan fingerprint density at radius 2 is 1.69 bits per heavy atom. The van der Waals surface area contributed by atoms with Crippen molar-refractivity contribution in [3.63, 3.8) is 0 Å². The Bertz CT molecular complexity index is 1110. The lowest BCUT2D eigenvalue weighted by Gasteiger charge is -2.12. The molecule has 0 bridgehead atoms. The van der Waals surface area contributed by atoms with Crippen LogP contribution in [0.25, 0.3) is 0 Å². The molecule has 3 aromatic carbocycles. The van der Waals surface area contributed by atoms with Gasteiger partial charge in [0.1, 0.15) is 5.69 Å². The number of nitro benzene ring substituents is 2. The van der Waals surface area contributed by atoms with Crippen molar-refractivity contribution in [2.75, 3.05) is 11.2 Å². The fourth-order valence-corrected chi connectivity index (χ4v) is 2.75. The molecule has 3 aromatic rings. The van der Waals surface area contributed by atoms with E-state index in [2.05, 4.69) is 10.5 Å². The van der Waals surface area contributed by atoms with Crippen LogP contribution in [0, 0.1) is 27.2 Å². The Labute approximate surface area is 165 Å². The highest BCUT2D eigenvalue weighted by Crippen LogP contribution is 2.29. The van der Waals surface area contributed by atoms with Crippen LogP contribution in [-0.2, 0) is 0 Å². The lowest BCUT2D eigenvalue weighted by atomic mass is 9.99. The maximum absolute atomic E-state index is 11.4. The zero-order chi connectivity index (χ0) is 21.0. The molecule has 0 heterocycles. The van der Waals surface area contributed by atoms with E-state index in [1.165, 1.54) is 12.1 Å². The number of benzene rings is 3. The number of anilines is 2. The number of nitrogens with two attached hydrogens (primary N) is 1. The molecule has 0 aromatic heterocycles. The Morgan fingerprint density at radius 3 is 2.34 bits per heavy atom. The van der Waals surface area contributed by atoms with E-state index >= 15 is 0 Å². The molecule has 3 N–H and O–H groups in total. The Balaban J connectivity index is 2.10. The van der Waals surface area contributed by atoms with E-state index in [1.54, 1.807) is 6.07 Å². The molecule has 0 aliphatic rings. The Kier molecular flexibility index (Phi) is 5.49. The molecule has 0 aliphatic heterocycles. The normalized spacial score (nSPS) is 11.1. The predicted octanol–water partition coefficient (Wildman–Crippen LogP) is 4.26. The number of aryl methyl sites for hydroxylation is 1. The minimum absolute atomic E-state index is 0.0280. The van der Waals surface area contributed by atoms with E-state index in [9.17, 15) is 20.2 Å². The molecular formula is C20H17N5O4. The fourth-order valence-electron chi connectivity index (χ4n) is 2.75. The maximum Gasteiger partial charge on any atom is 0.301 e. The van der Waals surface area contributed by atoms with Crippen molar-refractivity contribution in [3.8, 4) is 0 Å². The third-order valence-corrected chi connectivity index (χ3v) is 4.19. The van der Waals surface area contributed by atoms with Gasteiger partial charge in [-0.05, 0) is 25.1 Å². The predicted molar refractivity (Wildman–Crippen MR) is 111 cm³/mol. The molecule has 0 aliphatic carbocycles. The number of hydrazone groups is 1. The van der Waals surface area contributed by atoms with Gasteiger partial charge in [-0.3, -0.25) is 25.7 Å². The van der Waals surface area contributed by atoms with Gasteiger partial charge >= 0.3 is 5.69 Å². The van der Waals surface area contributed by atoms with E-state index in [4.69, 9.17) is 5.73 Å². The molecule has 0 fully saturated rings. The van der Waals surface area contributed by atoms with Crippen molar-refractivity contribution in [3.05, 3.63) is 104 Å². The van der Waals surface area contributed by atoms with Crippen LogP contribution in [0.4, 0.5) is 22.7 Å². The minimum Gasteiger partial charge on any atom is -0.398 e. The number of nitro groups is 2. The zero-order valence-electron chi connectivity index (χ0n) is 15.4. The summed E-state index contributed by atoms with van der Waals surface area (Å²) in [6, 6.07) is 18.0. The van der Waals surface area contributed by atoms with E-state index in [0.29, 0.717) is 17.0 Å². The molecule has 0 amide bonds. The lowest BCUT2D eigenvalue weighted by Crippen LogP contribution is -2.10. The average molecular weight is 391 g/mol. The highest BCUT2D eigenvalue weighted by molar-refractivity contribution is 6.16. The van der Waals surface area contributed by atoms with Crippen LogP contribution >= 0.6 is 0 Å². The van der Waals surface area contributed by atoms with Crippen molar-refractivity contribution >= 4 is 28.5 Å². The molecule has 9 heteroatoms. The monoisotopic (exact) mass is 391 g/mol. The first-order valence-corrected chi connectivity index (χ1v) is 8.55. The molecule has 0 saturated carbocycles. The first-order chi connectivity index (χ1) is 13.9. The summed E-state index contributed by atoms with van der Waals surface area (Å²) >= 11 is 0. The van der Waals surface area contributed by atoms with Gasteiger partial charge in [0.05, 0.1) is 21.6 Å². The maximum atomic E-state index is 11.4. The quantitative estimate of drug-likeness (QED) is 0.279. The molecule has 146 valence electrons. The van der Waals surface area contributed by atoms with Gasteiger partial charge in [-0.25, -0.2) is 0 Å². The van der Waals surface area contributed by atoms with Gasteiger partial charge in [0.2, 0.25) is 0 Å². The number of nitrogen functional groups attached to an aromatic ring is 1. The first-order valence-electron chi connectivity index (χ1n) is 8.55. The van der Waals surface area contributed by atoms with Gasteiger partial charge in [-0.1, -0.05) is 42.0 Å². The molecule has 0 unspecified atom stereocenters. The van der Waals surface area contributed by atoms with Crippen molar-refractivity contribution in [1.82, 2.24) is 0 Å². The summed E-state index contributed by atoms with van der Waals surface area (Å²) in [5.74, 6) is 0. The number of hydrogen-bond donors (Lipinski definition) is 2. The van der Waals surface area contributed by atoms with Crippen molar-refractivity contribution in [2.24, 2.45) is 5.10 Å². The molecular weight excluding hydrogens is 374 g/mol. The summed E-state index contributed by atoms with van der Waals surface area (Å²) in [6.45, 7) is 1.92. The number of rotatable bonds is 6. The molecule has 0 saturated heterocycles. The van der Waals surface area contributed by atoms with E-state index in [0.717, 1.165) is 17.2 Å². The summed E-state index contributed by atoms with van der Waals surface area (Å²) < 4.78 is 0. The average Bonchev–Trinajstić information content (AvgIpc) is 2.71. The van der Waals surface area contributed by atoms with Gasteiger partial charge in [0, 0.05) is 22.9 Å². The minimum atomic E-state index is -0.700. The van der Waals surface area contributed by atoms with Crippen LogP contribution < -0.4 is 11.2 Å². The van der Waals surface area contributed by atoms with Gasteiger partial charge in [-0.15, -0.1) is 0 Å². The second-order valence-corrected chi connectivity index (χ2v) is 6.24. The summed E-state index contributed by atoms with van der Waals surface area (Å²) in [5.41, 5.74) is 11.4. The van der Waals surface area contributed by atoms with Crippen LogP contribution in [0.2, 0.25) is 0 Å². The smallest absolute Gasteiger partial charge is 0.301 e. The summed E-state index contributed by atoms with van der Waals surface area (Å²) in [7, 11) is 0. The van der Waals surface area contributed by atoms with Gasteiger partial charge in [0.15, 0.2) is 0 Å². The molecule has 0 spiro atoms. The topological polar surface area (TPSA) is 137 Å². The van der Waals surface area contributed by atoms with Gasteiger partial charge in [-0.2, -0.15) is 5.10 Å². The largest absolute Gasteiger partial charge is 0.398 e. The summed E-state index contributed by atoms with van der Waals surface area (Å²) in [6.07, 6.45) is 0. The lowest BCUT2D eigenvalue weighted by molar-refractivity contribution is -0.393. The molecule has 3 rings (SSSR count). The van der Waals surface area contributed by atoms with Crippen LogP contribution in [0.15, 0.2) is 71.8 Å². The summed E-state index contributed by atoms with van der Waals surface area (Å²) in [4.78, 5) is 20.9. The number of nitrogens with zero attached hydrogens (tertiary/aromatic N) is 3. The molecule has 9 nitrogen and oxygen atoms in total. The van der Waals surface area contributed by atoms with E-state index in [1.807, 2.05) is 49.4 Å². The molecule has 29 heavy (non-hydrogen) atoms. The van der Waals surface area contributed by atoms with Gasteiger partial charge < -0.3 is 5.73 Å². The Morgan fingerprint density at radius 1 is 0.966 bits per heavy atom. The number of nitrogens with one attached hydrogen (secondary N) is 1. The molecule has 0 atom stereocenters. The first kappa shape index (κ1) is 19.5. The van der Waals surface area contributed by atoms with Crippen LogP contribution in [0.5, 0.6) is 0 Å². The van der Waals surface area contributed by atoms with Crippen molar-refractivity contribution in [1.29, 1.82) is 0 Å². The van der Waals surface area contributed by atoms with Gasteiger partial charge in [0.25, 0.3) is 5.69 Å². The number of non-ortho nitro benzene ring substituents is 1. The van der Waals surface area contributed by atoms with E-state index in [-0.39, 0.29) is 11.4 Å². The Hall–Kier alpha value is -4.27. The fraction of sp³-hybridized carbons (Fsp3) is 0.0500. The van der Waals surface area contributed by atoms with Crippen LogP contribution in [-0.4, -0.2) is 15.6 Å². The van der Waals surface area contributed by atoms with Crippen LogP contribution in [0.1, 0.15) is 16.7 Å². The highest BCUT2D eigenvalue weighted by Gasteiger charge is 2.20. The van der Waals surface area contributed by atoms with Crippen molar-refractivity contribution < 1.29 is 9.85 Å². The third kappa shape index (κ3) is 4.35. The third-order valence-electron chi connectivity index (χ3n) is 4.19. The second-order valence-electron chi connectivity index (χ2n) is 6.24. The van der Waals surface area contributed by atoms with E-state index < -0.39 is 15.5 Å². The van der Waals surface area contributed by atoms with Crippen LogP contribution in [0.3, 0.4) is 0 Å². The SMILES string of the molecule is Cc1ccc(N)c(C(=NNc2ccc([N+](=O)[O-])cc2[N+](=O)[O-])c2ccccc2)c1. The van der Waals surface area contributed by atoms with Crippen molar-refractivity contribution in [2.45, 2.75) is 6.92 Å². The standard InChI is InChI=1S/C20H17N5O4/c1-13-7-9-17(21)16(11-13)20(14-5-3-2-4-6-14)23-22-18-10-8-15(24(26)27)12-19(18)25(28)29/h2-12,22H,21H2,1H3. The summed E-state index contributed by atoms with van der Waals surface area (Å²) in [5, 5.41) is 26.6. The second kappa shape index (κ2) is 8.17. The highest BCUT2D eigenvalue weighted by atomic mass is 16.6. The zero-order valence-corrected chi connectivity index (χ0v) is 15.4.